The quantitative estimate of drug-likeness (QED) is 0.825. The molecule has 4 heteroatoms. The molecule has 0 bridgehead atoms. The first kappa shape index (κ1) is 15.0. The van der Waals surface area contributed by atoms with E-state index in [1.165, 1.54) is 6.07 Å². The lowest BCUT2D eigenvalue weighted by atomic mass is 10.1. The van der Waals surface area contributed by atoms with Crippen molar-refractivity contribution in [3.63, 3.8) is 0 Å². The Morgan fingerprint density at radius 1 is 1.25 bits per heavy atom. The van der Waals surface area contributed by atoms with E-state index in [4.69, 9.17) is 5.11 Å². The van der Waals surface area contributed by atoms with Crippen molar-refractivity contribution in [2.75, 3.05) is 39.8 Å². The van der Waals surface area contributed by atoms with Crippen LogP contribution in [-0.2, 0) is 6.54 Å². The molecule has 1 heterocycles. The Morgan fingerprint density at radius 3 is 2.85 bits per heavy atom. The Hall–Kier alpha value is -1.41. The van der Waals surface area contributed by atoms with E-state index in [2.05, 4.69) is 28.7 Å². The van der Waals surface area contributed by atoms with Crippen LogP contribution in [-0.4, -0.2) is 54.7 Å². The molecule has 1 aliphatic rings. The second kappa shape index (κ2) is 7.39. The third kappa shape index (κ3) is 4.31. The molecule has 1 fully saturated rings. The zero-order valence-corrected chi connectivity index (χ0v) is 11.9. The van der Waals surface area contributed by atoms with Gasteiger partial charge in [0.1, 0.15) is 12.4 Å². The number of nitrogens with zero attached hydrogens (tertiary/aromatic N) is 2. The maximum atomic E-state index is 14.0. The molecule has 0 amide bonds. The van der Waals surface area contributed by atoms with Crippen LogP contribution in [0.15, 0.2) is 18.2 Å². The summed E-state index contributed by atoms with van der Waals surface area (Å²) in [6, 6.07) is 5.05. The van der Waals surface area contributed by atoms with Crippen LogP contribution >= 0.6 is 0 Å². The first-order valence-corrected chi connectivity index (χ1v) is 6.98. The minimum atomic E-state index is -0.215. The average Bonchev–Trinajstić information content (AvgIpc) is 2.64. The summed E-state index contributed by atoms with van der Waals surface area (Å²) < 4.78 is 14.0. The molecule has 20 heavy (non-hydrogen) atoms. The molecule has 3 nitrogen and oxygen atoms in total. The highest BCUT2D eigenvalue weighted by Gasteiger charge is 2.14. The van der Waals surface area contributed by atoms with Gasteiger partial charge in [0.25, 0.3) is 0 Å². The Morgan fingerprint density at radius 2 is 2.10 bits per heavy atom. The summed E-state index contributed by atoms with van der Waals surface area (Å²) in [5.41, 5.74) is 1.32. The van der Waals surface area contributed by atoms with Crippen LogP contribution in [0.2, 0.25) is 0 Å². The summed E-state index contributed by atoms with van der Waals surface area (Å²) in [4.78, 5) is 4.60. The van der Waals surface area contributed by atoms with Crippen LogP contribution < -0.4 is 0 Å². The topological polar surface area (TPSA) is 26.7 Å². The number of hydrogen-bond donors (Lipinski definition) is 1. The summed E-state index contributed by atoms with van der Waals surface area (Å²) in [6.45, 7) is 4.56. The minimum Gasteiger partial charge on any atom is -0.384 e. The van der Waals surface area contributed by atoms with Crippen molar-refractivity contribution in [3.05, 3.63) is 35.1 Å². The third-order valence-electron chi connectivity index (χ3n) is 3.57. The summed E-state index contributed by atoms with van der Waals surface area (Å²) in [6.07, 6.45) is 1.12. The number of aliphatic hydroxyl groups excluding tert-OH is 1. The molecule has 0 radical (unpaired) electrons. The molecule has 0 unspecified atom stereocenters. The fourth-order valence-corrected chi connectivity index (χ4v) is 2.39. The van der Waals surface area contributed by atoms with Crippen molar-refractivity contribution in [3.8, 4) is 11.8 Å². The van der Waals surface area contributed by atoms with Crippen LogP contribution in [0, 0.1) is 17.7 Å². The molecule has 1 N–H and O–H groups in total. The predicted octanol–water partition coefficient (Wildman–Crippen LogP) is 1.31. The molecule has 1 saturated heterocycles. The van der Waals surface area contributed by atoms with E-state index in [-0.39, 0.29) is 12.4 Å². The monoisotopic (exact) mass is 276 g/mol. The van der Waals surface area contributed by atoms with E-state index in [0.29, 0.717) is 17.7 Å². The van der Waals surface area contributed by atoms with Gasteiger partial charge in [0.15, 0.2) is 0 Å². The molecular weight excluding hydrogens is 255 g/mol. The molecule has 1 aromatic rings. The third-order valence-corrected chi connectivity index (χ3v) is 3.57. The highest BCUT2D eigenvalue weighted by molar-refractivity contribution is 5.37. The number of rotatable bonds is 2. The van der Waals surface area contributed by atoms with Crippen LogP contribution in [0.3, 0.4) is 0 Å². The lowest BCUT2D eigenvalue weighted by Gasteiger charge is -2.20. The molecule has 1 aliphatic heterocycles. The first-order chi connectivity index (χ1) is 9.69. The number of likely N-dealkylation sites (N-methyl/N-ethyl adjacent to an activating group) is 1. The molecule has 0 atom stereocenters. The van der Waals surface area contributed by atoms with Gasteiger partial charge in [-0.15, -0.1) is 0 Å². The molecular formula is C16H21FN2O. The van der Waals surface area contributed by atoms with E-state index in [1.54, 1.807) is 6.07 Å². The SMILES string of the molecule is CN1CCCN(Cc2ccc(C#CCO)cc2F)CC1. The van der Waals surface area contributed by atoms with E-state index in [0.717, 1.165) is 32.6 Å². The van der Waals surface area contributed by atoms with Gasteiger partial charge in [-0.2, -0.15) is 0 Å². The Bertz CT molecular complexity index is 507. The number of hydrogen-bond acceptors (Lipinski definition) is 3. The average molecular weight is 276 g/mol. The van der Waals surface area contributed by atoms with Crippen LogP contribution in [0.25, 0.3) is 0 Å². The summed E-state index contributed by atoms with van der Waals surface area (Å²) in [5.74, 6) is 5.03. The highest BCUT2D eigenvalue weighted by Crippen LogP contribution is 2.14. The second-order valence-corrected chi connectivity index (χ2v) is 5.20. The maximum absolute atomic E-state index is 14.0. The van der Waals surface area contributed by atoms with Gasteiger partial charge in [-0.1, -0.05) is 17.9 Å². The smallest absolute Gasteiger partial charge is 0.128 e. The van der Waals surface area contributed by atoms with E-state index >= 15 is 0 Å². The molecule has 0 aromatic heterocycles. The fraction of sp³-hybridized carbons (Fsp3) is 0.500. The lowest BCUT2D eigenvalue weighted by molar-refractivity contribution is 0.266. The first-order valence-electron chi connectivity index (χ1n) is 6.98. The van der Waals surface area contributed by atoms with Gasteiger partial charge < -0.3 is 10.0 Å². The van der Waals surface area contributed by atoms with Crippen molar-refractivity contribution in [2.24, 2.45) is 0 Å². The Balaban J connectivity index is 2.02. The van der Waals surface area contributed by atoms with Gasteiger partial charge in [-0.25, -0.2) is 4.39 Å². The minimum absolute atomic E-state index is 0.204. The van der Waals surface area contributed by atoms with Gasteiger partial charge in [-0.05, 0) is 38.7 Å². The molecule has 0 spiro atoms. The van der Waals surface area contributed by atoms with Crippen molar-refractivity contribution < 1.29 is 9.50 Å². The number of benzene rings is 1. The lowest BCUT2D eigenvalue weighted by Crippen LogP contribution is -2.28. The van der Waals surface area contributed by atoms with E-state index in [1.807, 2.05) is 6.07 Å². The van der Waals surface area contributed by atoms with Gasteiger partial charge in [-0.3, -0.25) is 4.90 Å². The molecule has 2 rings (SSSR count). The van der Waals surface area contributed by atoms with Gasteiger partial charge in [0.05, 0.1) is 0 Å². The zero-order chi connectivity index (χ0) is 14.4. The number of halogens is 1. The fourth-order valence-electron chi connectivity index (χ4n) is 2.39. The summed E-state index contributed by atoms with van der Waals surface area (Å²) >= 11 is 0. The molecule has 0 aliphatic carbocycles. The van der Waals surface area contributed by atoms with Crippen LogP contribution in [0.4, 0.5) is 4.39 Å². The molecule has 1 aromatic carbocycles. The zero-order valence-electron chi connectivity index (χ0n) is 11.9. The Labute approximate surface area is 120 Å². The van der Waals surface area contributed by atoms with Gasteiger partial charge in [0.2, 0.25) is 0 Å². The van der Waals surface area contributed by atoms with E-state index < -0.39 is 0 Å². The standard InChI is InChI=1S/C16H21FN2O/c1-18-7-3-8-19(10-9-18)13-15-6-5-14(4-2-11-20)12-16(15)17/h5-6,12,20H,3,7-11,13H2,1H3. The van der Waals surface area contributed by atoms with Crippen molar-refractivity contribution in [1.82, 2.24) is 9.80 Å². The molecule has 108 valence electrons. The molecule has 0 saturated carbocycles. The van der Waals surface area contributed by atoms with Crippen LogP contribution in [0.1, 0.15) is 17.5 Å². The second-order valence-electron chi connectivity index (χ2n) is 5.20. The van der Waals surface area contributed by atoms with Crippen molar-refractivity contribution >= 4 is 0 Å². The van der Waals surface area contributed by atoms with Crippen molar-refractivity contribution in [2.45, 2.75) is 13.0 Å². The summed E-state index contributed by atoms with van der Waals surface area (Å²) in [7, 11) is 2.12. The normalized spacial score (nSPS) is 17.4. The largest absolute Gasteiger partial charge is 0.384 e. The van der Waals surface area contributed by atoms with Crippen LogP contribution in [0.5, 0.6) is 0 Å². The maximum Gasteiger partial charge on any atom is 0.128 e. The predicted molar refractivity (Wildman–Crippen MR) is 77.8 cm³/mol. The summed E-state index contributed by atoms with van der Waals surface area (Å²) in [5, 5.41) is 8.64. The number of aliphatic hydroxyl groups is 1. The van der Waals surface area contributed by atoms with Gasteiger partial charge in [0, 0.05) is 30.8 Å². The van der Waals surface area contributed by atoms with Gasteiger partial charge >= 0.3 is 0 Å². The Kier molecular flexibility index (Phi) is 5.54. The van der Waals surface area contributed by atoms with E-state index in [9.17, 15) is 4.39 Å². The van der Waals surface area contributed by atoms with Crippen molar-refractivity contribution in [1.29, 1.82) is 0 Å². The highest BCUT2D eigenvalue weighted by atomic mass is 19.1.